The molecule has 1 aliphatic rings. The van der Waals surface area contributed by atoms with Crippen LogP contribution in [0.15, 0.2) is 24.3 Å². The SMILES string of the molecule is CC1CN(C)c2ccccc2N(C(=O)CCCCCCN)C1.Cl. The lowest BCUT2D eigenvalue weighted by molar-refractivity contribution is -0.118. The predicted molar refractivity (Wildman–Crippen MR) is 101 cm³/mol. The number of benzene rings is 1. The smallest absolute Gasteiger partial charge is 0.227 e. The van der Waals surface area contributed by atoms with Crippen LogP contribution in [0.2, 0.25) is 0 Å². The summed E-state index contributed by atoms with van der Waals surface area (Å²) in [7, 11) is 2.11. The van der Waals surface area contributed by atoms with Crippen LogP contribution in [-0.2, 0) is 4.79 Å². The topological polar surface area (TPSA) is 49.6 Å². The third-order valence-corrected chi connectivity index (χ3v) is 4.31. The minimum absolute atomic E-state index is 0. The van der Waals surface area contributed by atoms with E-state index in [1.54, 1.807) is 0 Å². The van der Waals surface area contributed by atoms with E-state index in [-0.39, 0.29) is 18.3 Å². The summed E-state index contributed by atoms with van der Waals surface area (Å²) in [5.74, 6) is 0.723. The standard InChI is InChI=1S/C18H29N3O.ClH/c1-15-13-20(2)16-9-6-7-10-17(16)21(14-15)18(22)11-5-3-4-8-12-19;/h6-7,9-10,15H,3-5,8,11-14,19H2,1-2H3;1H. The number of anilines is 2. The maximum absolute atomic E-state index is 12.7. The Hall–Kier alpha value is -1.26. The lowest BCUT2D eigenvalue weighted by atomic mass is 10.1. The molecule has 1 atom stereocenters. The van der Waals surface area contributed by atoms with E-state index in [9.17, 15) is 4.79 Å². The molecule has 1 amide bonds. The molecule has 1 aromatic rings. The first-order valence-corrected chi connectivity index (χ1v) is 8.44. The van der Waals surface area contributed by atoms with E-state index in [2.05, 4.69) is 31.0 Å². The monoisotopic (exact) mass is 339 g/mol. The Morgan fingerprint density at radius 3 is 2.48 bits per heavy atom. The second-order valence-corrected chi connectivity index (χ2v) is 6.43. The van der Waals surface area contributed by atoms with Crippen molar-refractivity contribution in [1.29, 1.82) is 0 Å². The first-order valence-electron chi connectivity index (χ1n) is 8.44. The van der Waals surface area contributed by atoms with E-state index >= 15 is 0 Å². The zero-order valence-electron chi connectivity index (χ0n) is 14.3. The summed E-state index contributed by atoms with van der Waals surface area (Å²) in [6, 6.07) is 8.23. The maximum Gasteiger partial charge on any atom is 0.227 e. The van der Waals surface area contributed by atoms with Gasteiger partial charge in [-0.05, 0) is 37.4 Å². The molecule has 0 aromatic heterocycles. The van der Waals surface area contributed by atoms with Gasteiger partial charge in [0.05, 0.1) is 11.4 Å². The molecule has 130 valence electrons. The van der Waals surface area contributed by atoms with Gasteiger partial charge in [-0.25, -0.2) is 0 Å². The van der Waals surface area contributed by atoms with Gasteiger partial charge in [0.1, 0.15) is 0 Å². The average molecular weight is 340 g/mol. The highest BCUT2D eigenvalue weighted by molar-refractivity contribution is 5.97. The fraction of sp³-hybridized carbons (Fsp3) is 0.611. The quantitative estimate of drug-likeness (QED) is 0.808. The highest BCUT2D eigenvalue weighted by Crippen LogP contribution is 2.33. The van der Waals surface area contributed by atoms with Crippen LogP contribution < -0.4 is 15.5 Å². The highest BCUT2D eigenvalue weighted by atomic mass is 35.5. The number of carbonyl (C=O) groups is 1. The molecule has 1 aromatic carbocycles. The molecule has 0 aliphatic carbocycles. The molecule has 5 heteroatoms. The molecule has 1 aliphatic heterocycles. The Kier molecular flexibility index (Phi) is 8.42. The van der Waals surface area contributed by atoms with Gasteiger partial charge in [0.25, 0.3) is 0 Å². The molecule has 0 spiro atoms. The van der Waals surface area contributed by atoms with Crippen LogP contribution in [0.1, 0.15) is 39.0 Å². The van der Waals surface area contributed by atoms with Gasteiger partial charge in [0, 0.05) is 26.6 Å². The lowest BCUT2D eigenvalue weighted by Gasteiger charge is -2.24. The number of para-hydroxylation sites is 2. The van der Waals surface area contributed by atoms with Crippen LogP contribution in [0.4, 0.5) is 11.4 Å². The van der Waals surface area contributed by atoms with Gasteiger partial charge in [0.2, 0.25) is 5.91 Å². The number of carbonyl (C=O) groups excluding carboxylic acids is 1. The van der Waals surface area contributed by atoms with Crippen molar-refractivity contribution in [3.05, 3.63) is 24.3 Å². The normalized spacial score (nSPS) is 17.3. The molecule has 1 heterocycles. The van der Waals surface area contributed by atoms with Crippen LogP contribution in [0.3, 0.4) is 0 Å². The summed E-state index contributed by atoms with van der Waals surface area (Å²) in [6.45, 7) is 4.75. The van der Waals surface area contributed by atoms with Crippen molar-refractivity contribution in [3.63, 3.8) is 0 Å². The summed E-state index contributed by atoms with van der Waals surface area (Å²) in [5.41, 5.74) is 7.72. The molecular formula is C18H30ClN3O. The van der Waals surface area contributed by atoms with Crippen molar-refractivity contribution in [3.8, 4) is 0 Å². The van der Waals surface area contributed by atoms with Gasteiger partial charge in [-0.1, -0.05) is 31.9 Å². The van der Waals surface area contributed by atoms with Crippen molar-refractivity contribution in [1.82, 2.24) is 0 Å². The fourth-order valence-electron chi connectivity index (χ4n) is 3.19. The molecule has 2 N–H and O–H groups in total. The minimum Gasteiger partial charge on any atom is -0.373 e. The molecule has 0 saturated carbocycles. The molecular weight excluding hydrogens is 310 g/mol. The van der Waals surface area contributed by atoms with Crippen molar-refractivity contribution < 1.29 is 4.79 Å². The van der Waals surface area contributed by atoms with E-state index < -0.39 is 0 Å². The Morgan fingerprint density at radius 2 is 1.78 bits per heavy atom. The van der Waals surface area contributed by atoms with E-state index in [1.807, 2.05) is 17.0 Å². The fourth-order valence-corrected chi connectivity index (χ4v) is 3.19. The number of nitrogens with two attached hydrogens (primary N) is 1. The number of fused-ring (bicyclic) bond motifs is 1. The van der Waals surface area contributed by atoms with Crippen LogP contribution in [0.5, 0.6) is 0 Å². The van der Waals surface area contributed by atoms with Gasteiger partial charge in [-0.2, -0.15) is 0 Å². The highest BCUT2D eigenvalue weighted by Gasteiger charge is 2.25. The third-order valence-electron chi connectivity index (χ3n) is 4.31. The summed E-state index contributed by atoms with van der Waals surface area (Å²) < 4.78 is 0. The van der Waals surface area contributed by atoms with E-state index in [4.69, 9.17) is 5.73 Å². The predicted octanol–water partition coefficient (Wildman–Crippen LogP) is 3.44. The van der Waals surface area contributed by atoms with Crippen LogP contribution in [0, 0.1) is 5.92 Å². The minimum atomic E-state index is 0. The Labute approximate surface area is 146 Å². The second-order valence-electron chi connectivity index (χ2n) is 6.43. The molecule has 2 rings (SSSR count). The van der Waals surface area contributed by atoms with E-state index in [0.29, 0.717) is 12.3 Å². The third kappa shape index (κ3) is 5.40. The average Bonchev–Trinajstić information content (AvgIpc) is 2.64. The number of nitrogens with zero attached hydrogens (tertiary/aromatic N) is 2. The number of unbranched alkanes of at least 4 members (excludes halogenated alkanes) is 3. The lowest BCUT2D eigenvalue weighted by Crippen LogP contribution is -2.34. The summed E-state index contributed by atoms with van der Waals surface area (Å²) >= 11 is 0. The summed E-state index contributed by atoms with van der Waals surface area (Å²) in [6.07, 6.45) is 4.87. The summed E-state index contributed by atoms with van der Waals surface area (Å²) in [4.78, 5) is 16.9. The van der Waals surface area contributed by atoms with E-state index in [0.717, 1.165) is 56.7 Å². The van der Waals surface area contributed by atoms with Crippen molar-refractivity contribution in [2.45, 2.75) is 39.0 Å². The van der Waals surface area contributed by atoms with Gasteiger partial charge in [-0.3, -0.25) is 4.79 Å². The number of hydrogen-bond acceptors (Lipinski definition) is 3. The van der Waals surface area contributed by atoms with Gasteiger partial charge < -0.3 is 15.5 Å². The first kappa shape index (κ1) is 19.8. The second kappa shape index (κ2) is 9.78. The molecule has 4 nitrogen and oxygen atoms in total. The Balaban J connectivity index is 0.00000264. The molecule has 1 unspecified atom stereocenters. The number of halogens is 1. The molecule has 0 saturated heterocycles. The van der Waals surface area contributed by atoms with Crippen molar-refractivity contribution in [2.24, 2.45) is 11.7 Å². The van der Waals surface area contributed by atoms with Gasteiger partial charge in [0.15, 0.2) is 0 Å². The van der Waals surface area contributed by atoms with Crippen molar-refractivity contribution in [2.75, 3.05) is 36.5 Å². The summed E-state index contributed by atoms with van der Waals surface area (Å²) in [5, 5.41) is 0. The van der Waals surface area contributed by atoms with Crippen molar-refractivity contribution >= 4 is 29.7 Å². The first-order chi connectivity index (χ1) is 10.6. The van der Waals surface area contributed by atoms with Crippen LogP contribution >= 0.6 is 12.4 Å². The Bertz CT molecular complexity index is 495. The maximum atomic E-state index is 12.7. The zero-order valence-corrected chi connectivity index (χ0v) is 15.1. The number of hydrogen-bond donors (Lipinski definition) is 1. The molecule has 0 fully saturated rings. The largest absolute Gasteiger partial charge is 0.373 e. The number of amides is 1. The van der Waals surface area contributed by atoms with Gasteiger partial charge >= 0.3 is 0 Å². The van der Waals surface area contributed by atoms with Gasteiger partial charge in [-0.15, -0.1) is 12.4 Å². The number of rotatable bonds is 6. The van der Waals surface area contributed by atoms with E-state index in [1.165, 1.54) is 0 Å². The molecule has 23 heavy (non-hydrogen) atoms. The van der Waals surface area contributed by atoms with Crippen LogP contribution in [-0.4, -0.2) is 32.6 Å². The molecule has 0 radical (unpaired) electrons. The zero-order chi connectivity index (χ0) is 15.9. The molecule has 0 bridgehead atoms. The Morgan fingerprint density at radius 1 is 1.13 bits per heavy atom. The van der Waals surface area contributed by atoms with Crippen LogP contribution in [0.25, 0.3) is 0 Å².